The Morgan fingerprint density at radius 2 is 1.25 bits per heavy atom. The Kier molecular flexibility index (Phi) is 9.26. The van der Waals surface area contributed by atoms with Gasteiger partial charge in [0, 0.05) is 16.8 Å². The Morgan fingerprint density at radius 3 is 1.75 bits per heavy atom. The van der Waals surface area contributed by atoms with Crippen LogP contribution in [-0.2, 0) is 11.8 Å². The molecule has 238 valence electrons. The fraction of sp³-hybridized carbons (Fsp3) is 0.200. The standard InChI is InChI=1S/C25H11F14IN2O2/c26-15-5-2-6-16(27)18(15)19(43)41-13-4-1-3-11(9-13)20(44)42(40)17-8-7-12(10-14(17)22(29,30)31)21(28,24(34,35)36)23(32,33)25(37,38)39/h1-10H,(H,41,43). The molecule has 0 aromatic heterocycles. The smallest absolute Gasteiger partial charge is 0.322 e. The maximum Gasteiger partial charge on any atom is 0.457 e. The molecule has 1 N–H and O–H groups in total. The highest BCUT2D eigenvalue weighted by molar-refractivity contribution is 14.1. The van der Waals surface area contributed by atoms with E-state index in [4.69, 9.17) is 0 Å². The van der Waals surface area contributed by atoms with Crippen molar-refractivity contribution in [2.45, 2.75) is 30.1 Å². The van der Waals surface area contributed by atoms with Crippen LogP contribution in [0.1, 0.15) is 31.8 Å². The normalized spacial score (nSPS) is 14.2. The molecule has 0 heterocycles. The number of benzene rings is 3. The number of amides is 2. The molecule has 3 aromatic carbocycles. The van der Waals surface area contributed by atoms with Crippen LogP contribution in [0.15, 0.2) is 60.7 Å². The maximum atomic E-state index is 14.8. The lowest BCUT2D eigenvalue weighted by molar-refractivity contribution is -0.389. The number of nitrogens with zero attached hydrogens (tertiary/aromatic N) is 1. The number of carbonyl (C=O) groups excluding carboxylic acids is 2. The van der Waals surface area contributed by atoms with Gasteiger partial charge in [-0.05, 0) is 42.5 Å². The van der Waals surface area contributed by atoms with E-state index in [1.165, 1.54) is 0 Å². The van der Waals surface area contributed by atoms with Gasteiger partial charge in [0.25, 0.3) is 11.8 Å². The minimum atomic E-state index is -7.25. The second-order valence-corrected chi connectivity index (χ2v) is 9.64. The molecular formula is C25H11F14IN2O2. The Morgan fingerprint density at radius 1 is 0.705 bits per heavy atom. The molecule has 0 bridgehead atoms. The van der Waals surface area contributed by atoms with E-state index in [9.17, 15) is 71.1 Å². The van der Waals surface area contributed by atoms with E-state index >= 15 is 0 Å². The molecule has 0 aliphatic rings. The average molecular weight is 764 g/mol. The quantitative estimate of drug-likeness (QED) is 0.155. The molecule has 0 aliphatic heterocycles. The van der Waals surface area contributed by atoms with Gasteiger partial charge in [0.05, 0.1) is 34.1 Å². The van der Waals surface area contributed by atoms with Crippen molar-refractivity contribution in [3.63, 3.8) is 0 Å². The second-order valence-electron chi connectivity index (χ2n) is 8.68. The highest BCUT2D eigenvalue weighted by Gasteiger charge is 2.81. The van der Waals surface area contributed by atoms with Crippen molar-refractivity contribution in [3.05, 3.63) is 94.6 Å². The molecule has 3 aromatic rings. The first-order valence-electron chi connectivity index (χ1n) is 11.2. The van der Waals surface area contributed by atoms with Gasteiger partial charge in [0.2, 0.25) is 0 Å². The van der Waals surface area contributed by atoms with E-state index in [0.29, 0.717) is 0 Å². The zero-order valence-electron chi connectivity index (χ0n) is 20.7. The van der Waals surface area contributed by atoms with Gasteiger partial charge in [-0.15, -0.1) is 0 Å². The van der Waals surface area contributed by atoms with Gasteiger partial charge in [-0.2, -0.15) is 48.3 Å². The lowest BCUT2D eigenvalue weighted by Gasteiger charge is -2.36. The summed E-state index contributed by atoms with van der Waals surface area (Å²) in [5.74, 6) is -12.6. The lowest BCUT2D eigenvalue weighted by Crippen LogP contribution is -2.59. The molecule has 0 saturated heterocycles. The van der Waals surface area contributed by atoms with E-state index in [1.807, 2.05) is 5.32 Å². The van der Waals surface area contributed by atoms with Crippen molar-refractivity contribution in [2.24, 2.45) is 0 Å². The molecule has 0 spiro atoms. The van der Waals surface area contributed by atoms with Crippen molar-refractivity contribution in [2.75, 3.05) is 8.43 Å². The molecule has 1 atom stereocenters. The summed E-state index contributed by atoms with van der Waals surface area (Å²) in [5, 5.41) is 2.03. The summed E-state index contributed by atoms with van der Waals surface area (Å²) in [5.41, 5.74) is -15.2. The number of carbonyl (C=O) groups is 2. The van der Waals surface area contributed by atoms with Gasteiger partial charge in [-0.3, -0.25) is 9.59 Å². The molecule has 0 aliphatic carbocycles. The first-order chi connectivity index (χ1) is 19.9. The van der Waals surface area contributed by atoms with Crippen molar-refractivity contribution in [1.29, 1.82) is 0 Å². The van der Waals surface area contributed by atoms with Crippen LogP contribution in [0.2, 0.25) is 0 Å². The molecule has 3 rings (SSSR count). The summed E-state index contributed by atoms with van der Waals surface area (Å²) >= 11 is 0.889. The predicted molar refractivity (Wildman–Crippen MR) is 133 cm³/mol. The summed E-state index contributed by atoms with van der Waals surface area (Å²) in [4.78, 5) is 25.3. The largest absolute Gasteiger partial charge is 0.457 e. The minimum absolute atomic E-state index is 0.0667. The molecule has 0 radical (unpaired) electrons. The lowest BCUT2D eigenvalue weighted by atomic mass is 9.86. The number of rotatable bonds is 6. The molecule has 2 amide bonds. The number of nitrogens with one attached hydrogen (secondary N) is 1. The molecule has 0 fully saturated rings. The molecular weight excluding hydrogens is 753 g/mol. The zero-order chi connectivity index (χ0) is 33.6. The van der Waals surface area contributed by atoms with Gasteiger partial charge < -0.3 is 5.32 Å². The van der Waals surface area contributed by atoms with Crippen LogP contribution in [0, 0.1) is 11.6 Å². The van der Waals surface area contributed by atoms with Gasteiger partial charge >= 0.3 is 30.1 Å². The molecule has 19 heteroatoms. The van der Waals surface area contributed by atoms with Crippen LogP contribution < -0.4 is 8.43 Å². The highest BCUT2D eigenvalue weighted by atomic mass is 127. The van der Waals surface area contributed by atoms with Gasteiger partial charge in [-0.25, -0.2) is 16.3 Å². The van der Waals surface area contributed by atoms with Gasteiger partial charge in [0.1, 0.15) is 17.2 Å². The summed E-state index contributed by atoms with van der Waals surface area (Å²) in [6.07, 6.45) is -20.1. The fourth-order valence-corrected chi connectivity index (χ4v) is 4.43. The number of alkyl halides is 12. The van der Waals surface area contributed by atoms with E-state index in [0.717, 1.165) is 65.3 Å². The Hall–Kier alpha value is -3.65. The summed E-state index contributed by atoms with van der Waals surface area (Å²) < 4.78 is 190. The fourth-order valence-electron chi connectivity index (χ4n) is 3.73. The van der Waals surface area contributed by atoms with Crippen LogP contribution >= 0.6 is 22.9 Å². The van der Waals surface area contributed by atoms with Crippen molar-refractivity contribution in [1.82, 2.24) is 0 Å². The SMILES string of the molecule is O=C(Nc1cccc(C(=O)N(I)c2ccc(C(F)(C(F)(F)F)C(F)(F)C(F)(F)F)cc2C(F)(F)F)c1)c1c(F)cccc1F. The number of hydrogen-bond acceptors (Lipinski definition) is 2. The Balaban J connectivity index is 2.06. The van der Waals surface area contributed by atoms with E-state index < -0.39 is 93.6 Å². The van der Waals surface area contributed by atoms with Crippen LogP contribution in [-0.4, -0.2) is 30.1 Å². The number of halogens is 15. The predicted octanol–water partition coefficient (Wildman–Crippen LogP) is 9.16. The third-order valence-corrected chi connectivity index (χ3v) is 6.78. The monoisotopic (exact) mass is 764 g/mol. The topological polar surface area (TPSA) is 49.4 Å². The Labute approximate surface area is 250 Å². The van der Waals surface area contributed by atoms with Crippen LogP contribution in [0.4, 0.5) is 72.8 Å². The minimum Gasteiger partial charge on any atom is -0.322 e. The van der Waals surface area contributed by atoms with Crippen molar-refractivity contribution in [3.8, 4) is 0 Å². The summed E-state index contributed by atoms with van der Waals surface area (Å²) in [7, 11) is 0. The third kappa shape index (κ3) is 6.27. The van der Waals surface area contributed by atoms with Crippen molar-refractivity contribution < 1.29 is 71.1 Å². The van der Waals surface area contributed by atoms with E-state index in [-0.39, 0.29) is 14.9 Å². The number of hydrogen-bond donors (Lipinski definition) is 1. The molecule has 1 unspecified atom stereocenters. The summed E-state index contributed by atoms with van der Waals surface area (Å²) in [6, 6.07) is 4.84. The maximum absolute atomic E-state index is 14.8. The van der Waals surface area contributed by atoms with Crippen LogP contribution in [0.5, 0.6) is 0 Å². The van der Waals surface area contributed by atoms with E-state index in [2.05, 4.69) is 0 Å². The Bertz CT molecular complexity index is 1570. The summed E-state index contributed by atoms with van der Waals surface area (Å²) in [6.45, 7) is 0. The first-order valence-corrected chi connectivity index (χ1v) is 12.2. The second kappa shape index (κ2) is 11.7. The van der Waals surface area contributed by atoms with Gasteiger partial charge in [0.15, 0.2) is 0 Å². The molecule has 0 saturated carbocycles. The first kappa shape index (κ1) is 34.8. The molecule has 44 heavy (non-hydrogen) atoms. The highest BCUT2D eigenvalue weighted by Crippen LogP contribution is 2.59. The van der Waals surface area contributed by atoms with Crippen LogP contribution in [0.25, 0.3) is 0 Å². The molecule has 4 nitrogen and oxygen atoms in total. The average Bonchev–Trinajstić information content (AvgIpc) is 2.89. The third-order valence-electron chi connectivity index (χ3n) is 5.83. The zero-order valence-corrected chi connectivity index (χ0v) is 22.9. The van der Waals surface area contributed by atoms with E-state index in [1.54, 1.807) is 0 Å². The number of anilines is 2. The van der Waals surface area contributed by atoms with Crippen LogP contribution in [0.3, 0.4) is 0 Å². The van der Waals surface area contributed by atoms with Crippen molar-refractivity contribution >= 4 is 46.1 Å². The van der Waals surface area contributed by atoms with Gasteiger partial charge in [-0.1, -0.05) is 18.2 Å².